The zero-order valence-electron chi connectivity index (χ0n) is 24.3. The van der Waals surface area contributed by atoms with E-state index in [0.717, 1.165) is 42.4 Å². The third kappa shape index (κ3) is 5.80. The number of amides is 1. The molecule has 0 bridgehead atoms. The van der Waals surface area contributed by atoms with Crippen LogP contribution in [-0.4, -0.2) is 73.2 Å². The van der Waals surface area contributed by atoms with Crippen LogP contribution in [0.15, 0.2) is 72.0 Å². The first-order valence-electron chi connectivity index (χ1n) is 14.0. The number of ether oxygens (including phenoxy) is 1. The van der Waals surface area contributed by atoms with Gasteiger partial charge >= 0.3 is 0 Å². The van der Waals surface area contributed by atoms with Gasteiger partial charge in [-0.25, -0.2) is 32.2 Å². The van der Waals surface area contributed by atoms with Gasteiger partial charge in [-0.2, -0.15) is 0 Å². The van der Waals surface area contributed by atoms with Crippen LogP contribution in [0.25, 0.3) is 22.0 Å². The fourth-order valence-electron chi connectivity index (χ4n) is 5.84. The summed E-state index contributed by atoms with van der Waals surface area (Å²) in [5, 5.41) is 0.759. The number of sulfonamides is 1. The van der Waals surface area contributed by atoms with E-state index < -0.39 is 26.6 Å². The van der Waals surface area contributed by atoms with E-state index in [-0.39, 0.29) is 28.7 Å². The summed E-state index contributed by atoms with van der Waals surface area (Å²) in [6.45, 7) is 3.99. The Morgan fingerprint density at radius 1 is 1.00 bits per heavy atom. The molecule has 232 valence electrons. The highest BCUT2D eigenvalue weighted by Crippen LogP contribution is 2.42. The molecule has 45 heavy (non-hydrogen) atoms. The van der Waals surface area contributed by atoms with Crippen LogP contribution in [-0.2, 0) is 19.6 Å². The summed E-state index contributed by atoms with van der Waals surface area (Å²) in [7, 11) is -3.38. The Balaban J connectivity index is 1.27. The number of benzene rings is 2. The predicted molar refractivity (Wildman–Crippen MR) is 162 cm³/mol. The quantitative estimate of drug-likeness (QED) is 0.286. The maximum atomic E-state index is 14.3. The first kappa shape index (κ1) is 30.1. The molecule has 2 aliphatic heterocycles. The second kappa shape index (κ2) is 11.5. The van der Waals surface area contributed by atoms with Crippen LogP contribution in [0.1, 0.15) is 13.3 Å². The fourth-order valence-corrected chi connectivity index (χ4v) is 7.03. The number of pyridine rings is 1. The molecule has 0 atom stereocenters. The Kier molecular flexibility index (Phi) is 7.69. The van der Waals surface area contributed by atoms with Gasteiger partial charge in [0.25, 0.3) is 10.0 Å². The number of fused-ring (bicyclic) bond motifs is 1. The minimum Gasteiger partial charge on any atom is -0.480 e. The SMILES string of the molecule is COc1ncc(-c2ccc3ncnc(N4CCC5(CN(C(=O)/C=C/C(C)=O)C5)C4)c3c2)cc1NS(=O)(=O)c1c(F)cccc1F. The molecule has 1 N–H and O–H groups in total. The topological polar surface area (TPSA) is 135 Å². The molecule has 2 saturated heterocycles. The van der Waals surface area contributed by atoms with Gasteiger partial charge in [-0.05, 0) is 55.3 Å². The number of hydrogen-bond acceptors (Lipinski definition) is 9. The number of aromatic nitrogens is 3. The highest BCUT2D eigenvalue weighted by atomic mass is 32.2. The van der Waals surface area contributed by atoms with Crippen LogP contribution in [0.5, 0.6) is 5.88 Å². The van der Waals surface area contributed by atoms with Crippen LogP contribution in [0.3, 0.4) is 0 Å². The average molecular weight is 635 g/mol. The van der Waals surface area contributed by atoms with E-state index in [9.17, 15) is 26.8 Å². The average Bonchev–Trinajstić information content (AvgIpc) is 3.44. The van der Waals surface area contributed by atoms with E-state index in [1.165, 1.54) is 44.8 Å². The van der Waals surface area contributed by atoms with Gasteiger partial charge in [0.2, 0.25) is 11.8 Å². The van der Waals surface area contributed by atoms with Gasteiger partial charge in [-0.15, -0.1) is 0 Å². The Bertz CT molecular complexity index is 1960. The van der Waals surface area contributed by atoms with E-state index >= 15 is 0 Å². The largest absolute Gasteiger partial charge is 0.480 e. The van der Waals surface area contributed by atoms with E-state index in [2.05, 4.69) is 24.6 Å². The van der Waals surface area contributed by atoms with Crippen molar-refractivity contribution in [2.75, 3.05) is 42.9 Å². The number of methoxy groups -OCH3 is 1. The van der Waals surface area contributed by atoms with E-state index in [0.29, 0.717) is 36.3 Å². The minimum absolute atomic E-state index is 0.0712. The third-order valence-corrected chi connectivity index (χ3v) is 9.40. The fraction of sp³-hybridized carbons (Fsp3) is 0.258. The molecule has 6 rings (SSSR count). The van der Waals surface area contributed by atoms with E-state index in [1.807, 2.05) is 12.1 Å². The van der Waals surface area contributed by atoms with Crippen LogP contribution >= 0.6 is 0 Å². The van der Waals surface area contributed by atoms with Gasteiger partial charge in [0, 0.05) is 54.8 Å². The van der Waals surface area contributed by atoms with Crippen LogP contribution in [0.2, 0.25) is 0 Å². The van der Waals surface area contributed by atoms with Crippen LogP contribution in [0, 0.1) is 17.0 Å². The minimum atomic E-state index is -4.67. The number of rotatable bonds is 8. The molecule has 0 unspecified atom stereocenters. The molecule has 1 spiro atoms. The standard InChI is InChI=1S/C31H28F2N6O5S/c1-19(40)6-9-27(41)39-16-31(17-39)10-11-38(15-31)29-22-12-20(7-8-25(22)35-18-36-29)21-13-26(30(44-2)34-14-21)37-45(42,43)28-23(32)4-3-5-24(28)33/h3-9,12-14,18,37H,10-11,15-17H2,1-2H3/b9-6+. The summed E-state index contributed by atoms with van der Waals surface area (Å²) < 4.78 is 62.1. The number of hydrogen-bond donors (Lipinski definition) is 1. The maximum Gasteiger partial charge on any atom is 0.267 e. The lowest BCUT2D eigenvalue weighted by Gasteiger charge is -2.47. The summed E-state index contributed by atoms with van der Waals surface area (Å²) in [4.78, 5) is 39.6. The molecule has 2 aromatic heterocycles. The molecule has 2 aromatic carbocycles. The van der Waals surface area contributed by atoms with Crippen molar-refractivity contribution >= 4 is 44.1 Å². The first-order chi connectivity index (χ1) is 21.5. The molecule has 0 radical (unpaired) electrons. The normalized spacial score (nSPS) is 15.9. The molecule has 14 heteroatoms. The Morgan fingerprint density at radius 3 is 2.47 bits per heavy atom. The smallest absolute Gasteiger partial charge is 0.267 e. The third-order valence-electron chi connectivity index (χ3n) is 7.99. The lowest BCUT2D eigenvalue weighted by atomic mass is 9.79. The molecule has 2 fully saturated rings. The van der Waals surface area contributed by atoms with Crippen molar-refractivity contribution < 1.29 is 31.5 Å². The number of carbonyl (C=O) groups excluding carboxylic acids is 2. The van der Waals surface area contributed by atoms with E-state index in [4.69, 9.17) is 4.74 Å². The van der Waals surface area contributed by atoms with Crippen molar-refractivity contribution in [1.29, 1.82) is 0 Å². The molecule has 4 heterocycles. The van der Waals surface area contributed by atoms with Crippen molar-refractivity contribution in [2.45, 2.75) is 18.2 Å². The highest BCUT2D eigenvalue weighted by Gasteiger charge is 2.49. The van der Waals surface area contributed by atoms with Crippen molar-refractivity contribution in [3.8, 4) is 17.0 Å². The van der Waals surface area contributed by atoms with Gasteiger partial charge in [0.1, 0.15) is 29.5 Å². The second-order valence-electron chi connectivity index (χ2n) is 11.2. The van der Waals surface area contributed by atoms with Gasteiger partial charge in [0.05, 0.1) is 12.6 Å². The summed E-state index contributed by atoms with van der Waals surface area (Å²) in [5.41, 5.74) is 1.69. The molecule has 0 saturated carbocycles. The van der Waals surface area contributed by atoms with Gasteiger partial charge in [0.15, 0.2) is 10.7 Å². The number of nitrogens with zero attached hydrogens (tertiary/aromatic N) is 5. The molecule has 4 aromatic rings. The molecule has 11 nitrogen and oxygen atoms in total. The highest BCUT2D eigenvalue weighted by molar-refractivity contribution is 7.92. The maximum absolute atomic E-state index is 14.3. The number of halogens is 2. The van der Waals surface area contributed by atoms with Crippen LogP contribution < -0.4 is 14.4 Å². The van der Waals surface area contributed by atoms with E-state index in [1.54, 1.807) is 11.0 Å². The van der Waals surface area contributed by atoms with Gasteiger partial charge in [-0.3, -0.25) is 14.3 Å². The number of allylic oxidation sites excluding steroid dienone is 1. The molecular formula is C31H28F2N6O5S. The number of nitrogens with one attached hydrogen (secondary N) is 1. The molecule has 1 amide bonds. The van der Waals surface area contributed by atoms with Crippen LogP contribution in [0.4, 0.5) is 20.3 Å². The lowest BCUT2D eigenvalue weighted by molar-refractivity contribution is -0.136. The number of carbonyl (C=O) groups is 2. The number of likely N-dealkylation sites (tertiary alicyclic amines) is 1. The zero-order valence-corrected chi connectivity index (χ0v) is 25.1. The molecule has 0 aliphatic carbocycles. The van der Waals surface area contributed by atoms with Gasteiger partial charge in [-0.1, -0.05) is 12.1 Å². The summed E-state index contributed by atoms with van der Waals surface area (Å²) in [6, 6.07) is 9.74. The second-order valence-corrected chi connectivity index (χ2v) is 12.8. The van der Waals surface area contributed by atoms with Crippen molar-refractivity contribution in [2.24, 2.45) is 5.41 Å². The Hall–Kier alpha value is -4.98. The predicted octanol–water partition coefficient (Wildman–Crippen LogP) is 3.96. The lowest BCUT2D eigenvalue weighted by Crippen LogP contribution is -2.59. The van der Waals surface area contributed by atoms with Crippen molar-refractivity contribution in [3.63, 3.8) is 0 Å². The Morgan fingerprint density at radius 2 is 1.76 bits per heavy atom. The molecule has 2 aliphatic rings. The number of anilines is 2. The van der Waals surface area contributed by atoms with Gasteiger partial charge < -0.3 is 14.5 Å². The molecular weight excluding hydrogens is 606 g/mol. The Labute approximate surface area is 257 Å². The monoisotopic (exact) mass is 634 g/mol. The number of ketones is 1. The summed E-state index contributed by atoms with van der Waals surface area (Å²) >= 11 is 0. The van der Waals surface area contributed by atoms with Crippen molar-refractivity contribution in [1.82, 2.24) is 19.9 Å². The first-order valence-corrected chi connectivity index (χ1v) is 15.5. The van der Waals surface area contributed by atoms with Crippen molar-refractivity contribution in [3.05, 3.63) is 78.8 Å². The summed E-state index contributed by atoms with van der Waals surface area (Å²) in [6.07, 6.45) is 6.44. The summed E-state index contributed by atoms with van der Waals surface area (Å²) in [5.74, 6) is -2.19. The zero-order chi connectivity index (χ0) is 31.9.